The molecule has 0 radical (unpaired) electrons. The molecule has 154 valence electrons. The van der Waals surface area contributed by atoms with Crippen LogP contribution >= 0.6 is 28.5 Å². The summed E-state index contributed by atoms with van der Waals surface area (Å²) in [4.78, 5) is 9.99. The van der Waals surface area contributed by atoms with E-state index in [4.69, 9.17) is 9.98 Å². The SMILES string of the molecule is CC(C)c1cccc2c1N=C(c1cccc(-c3ccccc3)n1)CC2C.[Br][Ni][Br]. The Balaban J connectivity index is 0.000000755. The molecule has 1 atom stereocenters. The minimum absolute atomic E-state index is 0.457. The summed E-state index contributed by atoms with van der Waals surface area (Å²) in [6, 6.07) is 23.2. The van der Waals surface area contributed by atoms with Gasteiger partial charge in [-0.1, -0.05) is 75.4 Å². The quantitative estimate of drug-likeness (QED) is 0.298. The van der Waals surface area contributed by atoms with Crippen molar-refractivity contribution in [2.75, 3.05) is 0 Å². The van der Waals surface area contributed by atoms with Gasteiger partial charge in [0.15, 0.2) is 0 Å². The zero-order valence-electron chi connectivity index (χ0n) is 16.7. The number of fused-ring (bicyclic) bond motifs is 1. The molecule has 5 heteroatoms. The van der Waals surface area contributed by atoms with E-state index in [1.807, 2.05) is 6.07 Å². The van der Waals surface area contributed by atoms with Crippen LogP contribution in [0.5, 0.6) is 0 Å². The summed E-state index contributed by atoms with van der Waals surface area (Å²) >= 11 is 6.00. The fourth-order valence-corrected chi connectivity index (χ4v) is 3.68. The van der Waals surface area contributed by atoms with E-state index in [1.54, 1.807) is 0 Å². The first-order chi connectivity index (χ1) is 14.0. The summed E-state index contributed by atoms with van der Waals surface area (Å²) in [7, 11) is 1.25. The number of pyridine rings is 1. The molecule has 0 fully saturated rings. The molecule has 2 heterocycles. The van der Waals surface area contributed by atoms with Crippen molar-refractivity contribution in [2.45, 2.75) is 39.0 Å². The Bertz CT molecular complexity index is 987. The van der Waals surface area contributed by atoms with Gasteiger partial charge in [-0.25, -0.2) is 4.98 Å². The molecule has 0 N–H and O–H groups in total. The Kier molecular flexibility index (Phi) is 8.23. The van der Waals surface area contributed by atoms with Crippen LogP contribution in [-0.4, -0.2) is 10.7 Å². The van der Waals surface area contributed by atoms with Crippen LogP contribution in [0.4, 0.5) is 5.69 Å². The van der Waals surface area contributed by atoms with Crippen molar-refractivity contribution in [2.24, 2.45) is 4.99 Å². The van der Waals surface area contributed by atoms with Gasteiger partial charge in [0, 0.05) is 5.56 Å². The second-order valence-electron chi connectivity index (χ2n) is 7.42. The summed E-state index contributed by atoms with van der Waals surface area (Å²) in [5.41, 5.74) is 8.06. The Morgan fingerprint density at radius 3 is 2.24 bits per heavy atom. The fourth-order valence-electron chi connectivity index (χ4n) is 3.68. The first kappa shape index (κ1) is 22.4. The normalized spacial score (nSPS) is 15.4. The number of nitrogens with zero attached hydrogens (tertiary/aromatic N) is 2. The van der Waals surface area contributed by atoms with Gasteiger partial charge in [-0.05, 0) is 41.5 Å². The molecule has 1 aromatic heterocycles. The average molecular weight is 559 g/mol. The van der Waals surface area contributed by atoms with Crippen LogP contribution in [-0.2, 0) is 10.9 Å². The van der Waals surface area contributed by atoms with E-state index in [2.05, 4.69) is 110 Å². The maximum absolute atomic E-state index is 5.08. The van der Waals surface area contributed by atoms with Gasteiger partial charge in [0.25, 0.3) is 0 Å². The molecular weight excluding hydrogens is 535 g/mol. The van der Waals surface area contributed by atoms with Gasteiger partial charge < -0.3 is 0 Å². The molecule has 0 aliphatic carbocycles. The molecule has 1 aliphatic heterocycles. The number of aliphatic imine (C=N–C) groups is 1. The van der Waals surface area contributed by atoms with Gasteiger partial charge in [-0.15, -0.1) is 0 Å². The van der Waals surface area contributed by atoms with Crippen molar-refractivity contribution >= 4 is 39.9 Å². The molecule has 3 aromatic rings. The minimum atomic E-state index is 0.457. The van der Waals surface area contributed by atoms with Crippen molar-refractivity contribution in [1.82, 2.24) is 4.98 Å². The molecule has 0 bridgehead atoms. The molecule has 0 amide bonds. The number of halogens is 2. The van der Waals surface area contributed by atoms with Crippen LogP contribution in [0.3, 0.4) is 0 Å². The third-order valence-electron chi connectivity index (χ3n) is 5.11. The molecule has 1 unspecified atom stereocenters. The second kappa shape index (κ2) is 10.7. The number of para-hydroxylation sites is 1. The van der Waals surface area contributed by atoms with Crippen molar-refractivity contribution in [3.63, 3.8) is 0 Å². The molecular formula is C24H24Br2N2Ni. The van der Waals surface area contributed by atoms with Gasteiger partial charge in [-0.3, -0.25) is 4.99 Å². The molecule has 2 nitrogen and oxygen atoms in total. The summed E-state index contributed by atoms with van der Waals surface area (Å²) in [6.07, 6.45) is 0.930. The average Bonchev–Trinajstić information content (AvgIpc) is 2.74. The van der Waals surface area contributed by atoms with Gasteiger partial charge in [0.2, 0.25) is 0 Å². The predicted octanol–water partition coefficient (Wildman–Crippen LogP) is 8.19. The van der Waals surface area contributed by atoms with E-state index in [1.165, 1.54) is 22.0 Å². The van der Waals surface area contributed by atoms with Gasteiger partial charge in [0.05, 0.1) is 22.8 Å². The second-order valence-corrected chi connectivity index (χ2v) is 12.4. The molecule has 4 rings (SSSR count). The first-order valence-electron chi connectivity index (χ1n) is 9.60. The number of hydrogen-bond donors (Lipinski definition) is 0. The molecule has 0 spiro atoms. The fraction of sp³-hybridized carbons (Fsp3) is 0.250. The summed E-state index contributed by atoms with van der Waals surface area (Å²) < 4.78 is 0. The molecule has 0 saturated heterocycles. The Morgan fingerprint density at radius 1 is 0.897 bits per heavy atom. The summed E-state index contributed by atoms with van der Waals surface area (Å²) in [5, 5.41) is 0. The molecule has 1 aliphatic rings. The van der Waals surface area contributed by atoms with Gasteiger partial charge in [-0.2, -0.15) is 0 Å². The van der Waals surface area contributed by atoms with Crippen molar-refractivity contribution in [3.05, 3.63) is 83.6 Å². The van der Waals surface area contributed by atoms with Crippen molar-refractivity contribution in [1.29, 1.82) is 0 Å². The monoisotopic (exact) mass is 556 g/mol. The molecule has 2 aromatic carbocycles. The van der Waals surface area contributed by atoms with E-state index >= 15 is 0 Å². The van der Waals surface area contributed by atoms with E-state index in [0.29, 0.717) is 11.8 Å². The predicted molar refractivity (Wildman–Crippen MR) is 127 cm³/mol. The van der Waals surface area contributed by atoms with Crippen LogP contribution in [0, 0.1) is 0 Å². The molecule has 0 saturated carbocycles. The number of benzene rings is 2. The standard InChI is InChI=1S/C24H24N2.2BrH.Ni/c1-16(2)19-11-7-12-20-17(3)15-23(26-24(19)20)22-14-8-13-21(25-22)18-9-5-4-6-10-18;;;/h4-14,16-17H,15H2,1-3H3;2*1H;/q;;;+2/p-2. The van der Waals surface area contributed by atoms with Gasteiger partial charge in [0.1, 0.15) is 0 Å². The van der Waals surface area contributed by atoms with E-state index in [9.17, 15) is 0 Å². The first-order valence-corrected chi connectivity index (χ1v) is 14.5. The maximum atomic E-state index is 5.08. The number of hydrogen-bond acceptors (Lipinski definition) is 2. The zero-order chi connectivity index (χ0) is 20.8. The number of aromatic nitrogens is 1. The third-order valence-corrected chi connectivity index (χ3v) is 5.11. The topological polar surface area (TPSA) is 25.2 Å². The summed E-state index contributed by atoms with van der Waals surface area (Å²) in [6.45, 7) is 6.76. The van der Waals surface area contributed by atoms with Crippen LogP contribution in [0.2, 0.25) is 0 Å². The van der Waals surface area contributed by atoms with Crippen molar-refractivity contribution < 1.29 is 10.9 Å². The zero-order valence-corrected chi connectivity index (χ0v) is 20.8. The van der Waals surface area contributed by atoms with Crippen LogP contribution in [0.25, 0.3) is 11.3 Å². The van der Waals surface area contributed by atoms with Crippen LogP contribution in [0.15, 0.2) is 71.7 Å². The molecule has 29 heavy (non-hydrogen) atoms. The Labute approximate surface area is 193 Å². The van der Waals surface area contributed by atoms with E-state index < -0.39 is 0 Å². The van der Waals surface area contributed by atoms with E-state index in [0.717, 1.165) is 34.8 Å². The van der Waals surface area contributed by atoms with Crippen molar-refractivity contribution in [3.8, 4) is 11.3 Å². The Hall–Kier alpha value is -1.29. The van der Waals surface area contributed by atoms with Crippen LogP contribution < -0.4 is 0 Å². The summed E-state index contributed by atoms with van der Waals surface area (Å²) in [5.74, 6) is 0.919. The number of rotatable bonds is 3. The Morgan fingerprint density at radius 2 is 1.55 bits per heavy atom. The van der Waals surface area contributed by atoms with E-state index in [-0.39, 0.29) is 0 Å². The van der Waals surface area contributed by atoms with Crippen LogP contribution in [0.1, 0.15) is 55.8 Å². The third kappa shape index (κ3) is 5.45. The van der Waals surface area contributed by atoms with Gasteiger partial charge >= 0.3 is 39.3 Å².